The van der Waals surface area contributed by atoms with E-state index in [0.717, 1.165) is 25.9 Å². The normalized spacial score (nSPS) is 20.3. The maximum Gasteiger partial charge on any atom is 0.309 e. The number of hydrazine groups is 1. The van der Waals surface area contributed by atoms with Crippen molar-refractivity contribution in [3.8, 4) is 0 Å². The van der Waals surface area contributed by atoms with Gasteiger partial charge in [-0.05, 0) is 40.7 Å². The summed E-state index contributed by atoms with van der Waals surface area (Å²) in [7, 11) is 1.91. The van der Waals surface area contributed by atoms with E-state index in [2.05, 4.69) is 10.4 Å². The lowest BCUT2D eigenvalue weighted by Gasteiger charge is -2.31. The minimum atomic E-state index is -0.364. The zero-order valence-electron chi connectivity index (χ0n) is 10.2. The molecular formula is C11H22N2O2. The molecule has 0 aliphatic carbocycles. The van der Waals surface area contributed by atoms with Crippen LogP contribution >= 0.6 is 0 Å². The summed E-state index contributed by atoms with van der Waals surface area (Å²) in [5.41, 5.74) is 2.73. The van der Waals surface area contributed by atoms with Crippen molar-refractivity contribution in [2.75, 3.05) is 20.1 Å². The van der Waals surface area contributed by atoms with Crippen LogP contribution in [-0.4, -0.2) is 36.7 Å². The number of carbonyl (C=O) groups is 1. The van der Waals surface area contributed by atoms with Gasteiger partial charge in [0, 0.05) is 13.1 Å². The van der Waals surface area contributed by atoms with Crippen molar-refractivity contribution in [2.24, 2.45) is 5.92 Å². The van der Waals surface area contributed by atoms with Crippen LogP contribution in [0.25, 0.3) is 0 Å². The third-order valence-corrected chi connectivity index (χ3v) is 2.55. The highest BCUT2D eigenvalue weighted by Gasteiger charge is 2.28. The van der Waals surface area contributed by atoms with Crippen LogP contribution < -0.4 is 5.43 Å². The van der Waals surface area contributed by atoms with Crippen molar-refractivity contribution in [2.45, 2.75) is 39.2 Å². The van der Waals surface area contributed by atoms with Gasteiger partial charge in [0.05, 0.1) is 5.92 Å². The van der Waals surface area contributed by atoms with E-state index in [1.807, 2.05) is 27.8 Å². The minimum absolute atomic E-state index is 0.0433. The van der Waals surface area contributed by atoms with E-state index >= 15 is 0 Å². The summed E-state index contributed by atoms with van der Waals surface area (Å²) >= 11 is 0. The average molecular weight is 214 g/mol. The molecule has 0 aromatic carbocycles. The van der Waals surface area contributed by atoms with E-state index < -0.39 is 0 Å². The SMILES string of the molecule is CNN1CCC(C(=O)OC(C)(C)C)CC1. The molecule has 0 spiro atoms. The van der Waals surface area contributed by atoms with E-state index in [1.165, 1.54) is 0 Å². The van der Waals surface area contributed by atoms with Crippen molar-refractivity contribution in [1.29, 1.82) is 0 Å². The third-order valence-electron chi connectivity index (χ3n) is 2.55. The van der Waals surface area contributed by atoms with Gasteiger partial charge in [-0.3, -0.25) is 10.2 Å². The maximum atomic E-state index is 11.7. The minimum Gasteiger partial charge on any atom is -0.460 e. The molecule has 0 bridgehead atoms. The summed E-state index contributed by atoms with van der Waals surface area (Å²) in [5.74, 6) is 0.0343. The Balaban J connectivity index is 2.37. The number of nitrogens with zero attached hydrogens (tertiary/aromatic N) is 1. The molecule has 15 heavy (non-hydrogen) atoms. The lowest BCUT2D eigenvalue weighted by Crippen LogP contribution is -2.44. The van der Waals surface area contributed by atoms with Crippen molar-refractivity contribution in [1.82, 2.24) is 10.4 Å². The fraction of sp³-hybridized carbons (Fsp3) is 0.909. The number of esters is 1. The summed E-state index contributed by atoms with van der Waals surface area (Å²) in [4.78, 5) is 11.7. The van der Waals surface area contributed by atoms with Crippen LogP contribution in [0.4, 0.5) is 0 Å². The molecule has 0 aromatic heterocycles. The zero-order chi connectivity index (χ0) is 11.5. The van der Waals surface area contributed by atoms with Gasteiger partial charge in [0.1, 0.15) is 5.60 Å². The molecule has 4 nitrogen and oxygen atoms in total. The fourth-order valence-corrected chi connectivity index (χ4v) is 1.72. The van der Waals surface area contributed by atoms with Crippen LogP contribution in [0.15, 0.2) is 0 Å². The molecular weight excluding hydrogens is 192 g/mol. The monoisotopic (exact) mass is 214 g/mol. The predicted octanol–water partition coefficient (Wildman–Crippen LogP) is 1.17. The Labute approximate surface area is 91.9 Å². The second-order valence-corrected chi connectivity index (χ2v) is 5.02. The molecule has 1 aliphatic rings. The van der Waals surface area contributed by atoms with Crippen LogP contribution in [-0.2, 0) is 9.53 Å². The van der Waals surface area contributed by atoms with Gasteiger partial charge < -0.3 is 4.74 Å². The predicted molar refractivity (Wildman–Crippen MR) is 59.2 cm³/mol. The lowest BCUT2D eigenvalue weighted by molar-refractivity contribution is -0.161. The summed E-state index contributed by atoms with van der Waals surface area (Å²) in [6.07, 6.45) is 1.77. The van der Waals surface area contributed by atoms with Crippen molar-refractivity contribution in [3.63, 3.8) is 0 Å². The molecule has 1 saturated heterocycles. The molecule has 0 radical (unpaired) electrons. The first-order valence-corrected chi connectivity index (χ1v) is 5.57. The first-order chi connectivity index (χ1) is 6.92. The summed E-state index contributed by atoms with van der Waals surface area (Å²) in [6, 6.07) is 0. The second kappa shape index (κ2) is 4.94. The Morgan fingerprint density at radius 2 is 1.87 bits per heavy atom. The standard InChI is InChI=1S/C11H22N2O2/c1-11(2,3)15-10(14)9-5-7-13(12-4)8-6-9/h9,12H,5-8H2,1-4H3. The smallest absolute Gasteiger partial charge is 0.309 e. The van der Waals surface area contributed by atoms with E-state index in [9.17, 15) is 4.79 Å². The van der Waals surface area contributed by atoms with Crippen molar-refractivity contribution < 1.29 is 9.53 Å². The van der Waals surface area contributed by atoms with E-state index in [4.69, 9.17) is 4.74 Å². The van der Waals surface area contributed by atoms with E-state index in [0.29, 0.717) is 0 Å². The maximum absolute atomic E-state index is 11.7. The molecule has 0 atom stereocenters. The Kier molecular flexibility index (Phi) is 4.11. The summed E-state index contributed by atoms with van der Waals surface area (Å²) in [5, 5.41) is 2.13. The molecule has 0 amide bonds. The van der Waals surface area contributed by atoms with Crippen molar-refractivity contribution in [3.05, 3.63) is 0 Å². The number of hydrogen-bond donors (Lipinski definition) is 1. The number of ether oxygens (including phenoxy) is 1. The van der Waals surface area contributed by atoms with Crippen LogP contribution in [0.5, 0.6) is 0 Å². The molecule has 1 fully saturated rings. The topological polar surface area (TPSA) is 41.6 Å². The fourth-order valence-electron chi connectivity index (χ4n) is 1.72. The van der Waals surface area contributed by atoms with E-state index in [-0.39, 0.29) is 17.5 Å². The number of rotatable bonds is 2. The van der Waals surface area contributed by atoms with Crippen molar-refractivity contribution >= 4 is 5.97 Å². The van der Waals surface area contributed by atoms with Gasteiger partial charge in [0.2, 0.25) is 0 Å². The van der Waals surface area contributed by atoms with Gasteiger partial charge in [0.15, 0.2) is 0 Å². The number of nitrogens with one attached hydrogen (secondary N) is 1. The molecule has 1 rings (SSSR count). The highest BCUT2D eigenvalue weighted by Crippen LogP contribution is 2.20. The number of carbonyl (C=O) groups excluding carboxylic acids is 1. The quantitative estimate of drug-likeness (QED) is 0.701. The Hall–Kier alpha value is -0.610. The van der Waals surface area contributed by atoms with Gasteiger partial charge >= 0.3 is 5.97 Å². The van der Waals surface area contributed by atoms with Gasteiger partial charge in [-0.25, -0.2) is 5.01 Å². The van der Waals surface area contributed by atoms with Gasteiger partial charge in [-0.2, -0.15) is 0 Å². The highest BCUT2D eigenvalue weighted by atomic mass is 16.6. The Bertz CT molecular complexity index is 215. The molecule has 1 N–H and O–H groups in total. The van der Waals surface area contributed by atoms with Crippen LogP contribution in [0.1, 0.15) is 33.6 Å². The lowest BCUT2D eigenvalue weighted by atomic mass is 9.97. The molecule has 0 aromatic rings. The average Bonchev–Trinajstić information content (AvgIpc) is 2.15. The van der Waals surface area contributed by atoms with Crippen LogP contribution in [0, 0.1) is 5.92 Å². The molecule has 1 aliphatic heterocycles. The zero-order valence-corrected chi connectivity index (χ0v) is 10.2. The third kappa shape index (κ3) is 4.18. The Morgan fingerprint density at radius 1 is 1.33 bits per heavy atom. The van der Waals surface area contributed by atoms with E-state index in [1.54, 1.807) is 0 Å². The van der Waals surface area contributed by atoms with Crippen LogP contribution in [0.2, 0.25) is 0 Å². The largest absolute Gasteiger partial charge is 0.460 e. The second-order valence-electron chi connectivity index (χ2n) is 5.02. The molecule has 0 unspecified atom stereocenters. The number of piperidine rings is 1. The van der Waals surface area contributed by atoms with Gasteiger partial charge in [-0.1, -0.05) is 0 Å². The first kappa shape index (κ1) is 12.5. The molecule has 4 heteroatoms. The first-order valence-electron chi connectivity index (χ1n) is 5.57. The van der Waals surface area contributed by atoms with Gasteiger partial charge in [0.25, 0.3) is 0 Å². The highest BCUT2D eigenvalue weighted by molar-refractivity contribution is 5.73. The molecule has 0 saturated carbocycles. The van der Waals surface area contributed by atoms with Gasteiger partial charge in [-0.15, -0.1) is 0 Å². The number of hydrogen-bond acceptors (Lipinski definition) is 4. The molecule has 88 valence electrons. The summed E-state index contributed by atoms with van der Waals surface area (Å²) in [6.45, 7) is 7.57. The summed E-state index contributed by atoms with van der Waals surface area (Å²) < 4.78 is 5.37. The molecule has 1 heterocycles. The van der Waals surface area contributed by atoms with Crippen LogP contribution in [0.3, 0.4) is 0 Å². The Morgan fingerprint density at radius 3 is 2.27 bits per heavy atom.